The number of anilines is 1. The Morgan fingerprint density at radius 1 is 1.19 bits per heavy atom. The Labute approximate surface area is 171 Å². The summed E-state index contributed by atoms with van der Waals surface area (Å²) in [7, 11) is 0. The molecule has 6 nitrogen and oxygen atoms in total. The molecular formula is C18H13BrN4O2S2. The van der Waals surface area contributed by atoms with Crippen LogP contribution in [-0.4, -0.2) is 21.0 Å². The third kappa shape index (κ3) is 3.80. The van der Waals surface area contributed by atoms with Gasteiger partial charge in [0, 0.05) is 27.1 Å². The van der Waals surface area contributed by atoms with Crippen molar-refractivity contribution in [2.45, 2.75) is 6.54 Å². The van der Waals surface area contributed by atoms with Gasteiger partial charge >= 0.3 is 0 Å². The SMILES string of the molecule is O=C(NBr)c1cc(-c2csc(NCc3nc4ccccc4s3)n2)ccc1O. The molecule has 0 aliphatic heterocycles. The van der Waals surface area contributed by atoms with Crippen LogP contribution in [0.4, 0.5) is 5.13 Å². The van der Waals surface area contributed by atoms with E-state index >= 15 is 0 Å². The van der Waals surface area contributed by atoms with Gasteiger partial charge < -0.3 is 10.4 Å². The number of fused-ring (bicyclic) bond motifs is 1. The highest BCUT2D eigenvalue weighted by Gasteiger charge is 2.13. The maximum absolute atomic E-state index is 11.8. The highest BCUT2D eigenvalue weighted by Crippen LogP contribution is 2.29. The third-order valence-electron chi connectivity index (χ3n) is 3.86. The minimum Gasteiger partial charge on any atom is -0.507 e. The van der Waals surface area contributed by atoms with Crippen LogP contribution in [0.3, 0.4) is 0 Å². The number of hydrogen-bond acceptors (Lipinski definition) is 7. The molecule has 0 aliphatic carbocycles. The van der Waals surface area contributed by atoms with Crippen LogP contribution in [0.2, 0.25) is 0 Å². The van der Waals surface area contributed by atoms with Crippen molar-refractivity contribution in [3.8, 4) is 17.0 Å². The fourth-order valence-corrected chi connectivity index (χ4v) is 4.40. The zero-order valence-electron chi connectivity index (χ0n) is 13.8. The molecular weight excluding hydrogens is 448 g/mol. The molecule has 4 aromatic rings. The number of aromatic nitrogens is 2. The van der Waals surface area contributed by atoms with Gasteiger partial charge in [-0.15, -0.1) is 22.7 Å². The van der Waals surface area contributed by atoms with E-state index in [-0.39, 0.29) is 11.3 Å². The summed E-state index contributed by atoms with van der Waals surface area (Å²) in [6.07, 6.45) is 0. The largest absolute Gasteiger partial charge is 0.507 e. The lowest BCUT2D eigenvalue weighted by Crippen LogP contribution is -2.12. The third-order valence-corrected chi connectivity index (χ3v) is 6.05. The predicted molar refractivity (Wildman–Crippen MR) is 113 cm³/mol. The number of hydrogen-bond donors (Lipinski definition) is 3. The first-order valence-corrected chi connectivity index (χ1v) is 10.4. The van der Waals surface area contributed by atoms with Gasteiger partial charge in [0.2, 0.25) is 0 Å². The van der Waals surface area contributed by atoms with Crippen molar-refractivity contribution in [3.05, 3.63) is 58.4 Å². The second-order valence-corrected chi connectivity index (χ2v) is 7.99. The van der Waals surface area contributed by atoms with Crippen molar-refractivity contribution in [2.24, 2.45) is 0 Å². The van der Waals surface area contributed by atoms with Crippen molar-refractivity contribution < 1.29 is 9.90 Å². The second-order valence-electron chi connectivity index (χ2n) is 5.62. The number of benzene rings is 2. The average Bonchev–Trinajstić information content (AvgIpc) is 3.32. The predicted octanol–water partition coefficient (Wildman–Crippen LogP) is 4.78. The van der Waals surface area contributed by atoms with Gasteiger partial charge in [-0.1, -0.05) is 12.1 Å². The molecule has 2 aromatic carbocycles. The number of amides is 1. The molecule has 27 heavy (non-hydrogen) atoms. The summed E-state index contributed by atoms with van der Waals surface area (Å²) in [4.78, 5) is 21.0. The lowest BCUT2D eigenvalue weighted by molar-refractivity contribution is 0.0984. The van der Waals surface area contributed by atoms with Crippen LogP contribution in [0.5, 0.6) is 5.75 Å². The number of phenolic OH excluding ortho intramolecular Hbond substituents is 1. The summed E-state index contributed by atoms with van der Waals surface area (Å²) in [6.45, 7) is 0.596. The number of carbonyl (C=O) groups is 1. The van der Waals surface area contributed by atoms with E-state index in [9.17, 15) is 9.90 Å². The quantitative estimate of drug-likeness (QED) is 0.373. The molecule has 1 amide bonds. The highest BCUT2D eigenvalue weighted by atomic mass is 79.9. The van der Waals surface area contributed by atoms with Crippen molar-refractivity contribution in [2.75, 3.05) is 5.32 Å². The number of nitrogens with one attached hydrogen (secondary N) is 2. The Morgan fingerprint density at radius 3 is 2.85 bits per heavy atom. The van der Waals surface area contributed by atoms with Crippen LogP contribution in [0, 0.1) is 0 Å². The monoisotopic (exact) mass is 460 g/mol. The number of phenols is 1. The first-order chi connectivity index (χ1) is 13.1. The van der Waals surface area contributed by atoms with Gasteiger partial charge in [-0.2, -0.15) is 0 Å². The maximum atomic E-state index is 11.8. The molecule has 0 radical (unpaired) electrons. The average molecular weight is 461 g/mol. The van der Waals surface area contributed by atoms with Crippen LogP contribution < -0.4 is 9.66 Å². The fraction of sp³-hybridized carbons (Fsp3) is 0.0556. The molecule has 0 saturated carbocycles. The molecule has 0 unspecified atom stereocenters. The maximum Gasteiger partial charge on any atom is 0.264 e. The van der Waals surface area contributed by atoms with E-state index in [4.69, 9.17) is 0 Å². The molecule has 0 fully saturated rings. The highest BCUT2D eigenvalue weighted by molar-refractivity contribution is 9.08. The lowest BCUT2D eigenvalue weighted by atomic mass is 10.1. The van der Waals surface area contributed by atoms with E-state index in [1.807, 2.05) is 23.6 Å². The van der Waals surface area contributed by atoms with E-state index in [2.05, 4.69) is 41.8 Å². The van der Waals surface area contributed by atoms with Gasteiger partial charge in [0.1, 0.15) is 10.8 Å². The molecule has 0 saturated heterocycles. The molecule has 4 rings (SSSR count). The summed E-state index contributed by atoms with van der Waals surface area (Å²) in [5.41, 5.74) is 2.67. The molecule has 9 heteroatoms. The molecule has 3 N–H and O–H groups in total. The summed E-state index contributed by atoms with van der Waals surface area (Å²) in [5, 5.41) is 16.8. The Kier molecular flexibility index (Phi) is 5.06. The molecule has 0 spiro atoms. The van der Waals surface area contributed by atoms with Gasteiger partial charge in [-0.25, -0.2) is 9.97 Å². The van der Waals surface area contributed by atoms with Gasteiger partial charge in [0.25, 0.3) is 5.91 Å². The summed E-state index contributed by atoms with van der Waals surface area (Å²) in [5.74, 6) is -0.501. The van der Waals surface area contributed by atoms with Crippen LogP contribution in [-0.2, 0) is 6.54 Å². The number of carbonyl (C=O) groups excluding carboxylic acids is 1. The number of halogens is 1. The number of thiazole rings is 2. The van der Waals surface area contributed by atoms with Crippen molar-refractivity contribution >= 4 is 60.1 Å². The standard InChI is InChI=1S/C18H13BrN4O2S2/c19-23-17(25)11-7-10(5-6-14(11)24)13-9-26-18(22-13)20-8-16-21-12-3-1-2-4-15(12)27-16/h1-7,9,24H,8H2,(H,20,22)(H,23,25). The van der Waals surface area contributed by atoms with Gasteiger partial charge in [-0.05, 0) is 30.3 Å². The van der Waals surface area contributed by atoms with Crippen LogP contribution >= 0.6 is 38.8 Å². The summed E-state index contributed by atoms with van der Waals surface area (Å²) < 4.78 is 3.50. The first kappa shape index (κ1) is 17.9. The molecule has 136 valence electrons. The Hall–Kier alpha value is -2.49. The topological polar surface area (TPSA) is 87.1 Å². The Bertz CT molecular complexity index is 1090. The first-order valence-electron chi connectivity index (χ1n) is 7.92. The zero-order chi connectivity index (χ0) is 18.8. The van der Waals surface area contributed by atoms with Crippen molar-refractivity contribution in [3.63, 3.8) is 0 Å². The molecule has 0 aliphatic rings. The smallest absolute Gasteiger partial charge is 0.264 e. The van der Waals surface area contributed by atoms with E-state index in [1.165, 1.54) is 17.4 Å². The fourth-order valence-electron chi connectivity index (χ4n) is 2.56. The molecule has 2 heterocycles. The summed E-state index contributed by atoms with van der Waals surface area (Å²) >= 11 is 6.02. The van der Waals surface area contributed by atoms with E-state index in [0.717, 1.165) is 31.6 Å². The van der Waals surface area contributed by atoms with Gasteiger partial charge in [0.15, 0.2) is 5.13 Å². The molecule has 0 bridgehead atoms. The van der Waals surface area contributed by atoms with Crippen molar-refractivity contribution in [1.82, 2.24) is 14.3 Å². The Balaban J connectivity index is 1.51. The van der Waals surface area contributed by atoms with E-state index in [1.54, 1.807) is 23.5 Å². The zero-order valence-corrected chi connectivity index (χ0v) is 17.0. The van der Waals surface area contributed by atoms with Gasteiger partial charge in [0.05, 0.1) is 28.0 Å². The normalized spacial score (nSPS) is 10.9. The van der Waals surface area contributed by atoms with Crippen LogP contribution in [0.15, 0.2) is 47.8 Å². The van der Waals surface area contributed by atoms with E-state index in [0.29, 0.717) is 6.54 Å². The second kappa shape index (κ2) is 7.63. The number of para-hydroxylation sites is 1. The minimum absolute atomic E-state index is 0.0832. The number of aromatic hydroxyl groups is 1. The number of nitrogens with zero attached hydrogens (tertiary/aromatic N) is 2. The van der Waals surface area contributed by atoms with Crippen molar-refractivity contribution in [1.29, 1.82) is 0 Å². The minimum atomic E-state index is -0.418. The lowest BCUT2D eigenvalue weighted by Gasteiger charge is -2.04. The molecule has 0 atom stereocenters. The van der Waals surface area contributed by atoms with E-state index < -0.39 is 5.91 Å². The summed E-state index contributed by atoms with van der Waals surface area (Å²) in [6, 6.07) is 12.9. The van der Waals surface area contributed by atoms with Crippen LogP contribution in [0.25, 0.3) is 21.5 Å². The van der Waals surface area contributed by atoms with Crippen LogP contribution in [0.1, 0.15) is 15.4 Å². The van der Waals surface area contributed by atoms with Gasteiger partial charge in [-0.3, -0.25) is 9.14 Å². The molecule has 2 aromatic heterocycles. The number of rotatable bonds is 5. The Morgan fingerprint density at radius 2 is 2.04 bits per heavy atom.